The number of hydrogen-bond donors (Lipinski definition) is 1. The molecule has 1 aliphatic heterocycles. The van der Waals surface area contributed by atoms with Gasteiger partial charge in [-0.15, -0.1) is 0 Å². The topological polar surface area (TPSA) is 45.2 Å². The van der Waals surface area contributed by atoms with Crippen molar-refractivity contribution < 1.29 is 18.0 Å². The van der Waals surface area contributed by atoms with Crippen molar-refractivity contribution in [3.8, 4) is 0 Å². The van der Waals surface area contributed by atoms with Gasteiger partial charge in [0.25, 0.3) is 0 Å². The van der Waals surface area contributed by atoms with Crippen molar-refractivity contribution in [1.29, 1.82) is 0 Å². The molecule has 1 amide bonds. The number of alkyl halides is 3. The van der Waals surface area contributed by atoms with Crippen molar-refractivity contribution in [2.24, 2.45) is 0 Å². The second kappa shape index (κ2) is 5.47. The van der Waals surface area contributed by atoms with Crippen LogP contribution in [0, 0.1) is 0 Å². The molecule has 1 atom stereocenters. The molecule has 0 bridgehead atoms. The number of rotatable bonds is 2. The van der Waals surface area contributed by atoms with E-state index in [1.165, 1.54) is 7.05 Å². The number of hydrogen-bond acceptors (Lipinski definition) is 3. The van der Waals surface area contributed by atoms with E-state index >= 15 is 0 Å². The molecular formula is C12H13ClF3N3O. The molecule has 20 heavy (non-hydrogen) atoms. The van der Waals surface area contributed by atoms with Gasteiger partial charge < -0.3 is 10.2 Å². The molecule has 110 valence electrons. The second-order valence-corrected chi connectivity index (χ2v) is 4.89. The zero-order chi connectivity index (χ0) is 14.9. The molecule has 0 aliphatic carbocycles. The van der Waals surface area contributed by atoms with Gasteiger partial charge in [-0.05, 0) is 25.0 Å². The van der Waals surface area contributed by atoms with Gasteiger partial charge in [0.15, 0.2) is 0 Å². The predicted octanol–water partition coefficient (Wildman–Crippen LogP) is 2.47. The SMILES string of the molecule is CNC(=O)C1CCCN1c1cc(C(F)(F)F)cc(Cl)n1. The molecule has 0 spiro atoms. The van der Waals surface area contributed by atoms with Gasteiger partial charge in [0.2, 0.25) is 5.91 Å². The summed E-state index contributed by atoms with van der Waals surface area (Å²) in [6.45, 7) is 0.475. The Hall–Kier alpha value is -1.50. The standard InChI is InChI=1S/C12H13ClF3N3O/c1-17-11(20)8-3-2-4-19(8)10-6-7(12(14,15)16)5-9(13)18-10/h5-6,8H,2-4H2,1H3,(H,17,20). The number of likely N-dealkylation sites (N-methyl/N-ethyl adjacent to an activating group) is 1. The number of carbonyl (C=O) groups excluding carboxylic acids is 1. The minimum atomic E-state index is -4.50. The number of amides is 1. The van der Waals surface area contributed by atoms with E-state index in [0.717, 1.165) is 12.1 Å². The van der Waals surface area contributed by atoms with Crippen LogP contribution in [0.5, 0.6) is 0 Å². The third-order valence-electron chi connectivity index (χ3n) is 3.20. The van der Waals surface area contributed by atoms with Crippen LogP contribution in [-0.4, -0.2) is 30.5 Å². The lowest BCUT2D eigenvalue weighted by molar-refractivity contribution is -0.137. The molecule has 1 aromatic rings. The van der Waals surface area contributed by atoms with Crippen LogP contribution in [0.3, 0.4) is 0 Å². The van der Waals surface area contributed by atoms with Crippen LogP contribution in [0.1, 0.15) is 18.4 Å². The van der Waals surface area contributed by atoms with E-state index in [9.17, 15) is 18.0 Å². The zero-order valence-electron chi connectivity index (χ0n) is 10.7. The summed E-state index contributed by atoms with van der Waals surface area (Å²) >= 11 is 5.66. The summed E-state index contributed by atoms with van der Waals surface area (Å²) < 4.78 is 38.3. The molecule has 1 aliphatic rings. The number of halogens is 4. The van der Waals surface area contributed by atoms with Crippen LogP contribution >= 0.6 is 11.6 Å². The number of anilines is 1. The van der Waals surface area contributed by atoms with Crippen LogP contribution in [0.4, 0.5) is 19.0 Å². The van der Waals surface area contributed by atoms with Gasteiger partial charge in [0.1, 0.15) is 17.0 Å². The van der Waals surface area contributed by atoms with Crippen molar-refractivity contribution in [3.63, 3.8) is 0 Å². The molecule has 2 heterocycles. The lowest BCUT2D eigenvalue weighted by Crippen LogP contribution is -2.42. The highest BCUT2D eigenvalue weighted by atomic mass is 35.5. The fourth-order valence-corrected chi connectivity index (χ4v) is 2.48. The zero-order valence-corrected chi connectivity index (χ0v) is 11.4. The Kier molecular flexibility index (Phi) is 4.08. The molecule has 0 saturated carbocycles. The highest BCUT2D eigenvalue weighted by Crippen LogP contribution is 2.34. The van der Waals surface area contributed by atoms with Crippen LogP contribution < -0.4 is 10.2 Å². The quantitative estimate of drug-likeness (QED) is 0.854. The molecule has 1 unspecified atom stereocenters. The number of aromatic nitrogens is 1. The maximum absolute atomic E-state index is 12.8. The molecule has 1 aromatic heterocycles. The highest BCUT2D eigenvalue weighted by Gasteiger charge is 2.35. The molecule has 0 radical (unpaired) electrons. The van der Waals surface area contributed by atoms with Crippen LogP contribution in [0.25, 0.3) is 0 Å². The van der Waals surface area contributed by atoms with E-state index in [4.69, 9.17) is 11.6 Å². The minimum Gasteiger partial charge on any atom is -0.357 e. The smallest absolute Gasteiger partial charge is 0.357 e. The van der Waals surface area contributed by atoms with Gasteiger partial charge in [0.05, 0.1) is 5.56 Å². The number of carbonyl (C=O) groups is 1. The van der Waals surface area contributed by atoms with Gasteiger partial charge in [-0.3, -0.25) is 4.79 Å². The fourth-order valence-electron chi connectivity index (χ4n) is 2.27. The third-order valence-corrected chi connectivity index (χ3v) is 3.40. The molecule has 1 N–H and O–H groups in total. The summed E-state index contributed by atoms with van der Waals surface area (Å²) in [6.07, 6.45) is -3.20. The monoisotopic (exact) mass is 307 g/mol. The first-order chi connectivity index (χ1) is 9.32. The third kappa shape index (κ3) is 2.98. The van der Waals surface area contributed by atoms with Crippen molar-refractivity contribution in [2.45, 2.75) is 25.1 Å². The Morgan fingerprint density at radius 2 is 2.20 bits per heavy atom. The Labute approximate surface area is 118 Å². The molecular weight excluding hydrogens is 295 g/mol. The van der Waals surface area contributed by atoms with Crippen molar-refractivity contribution >= 4 is 23.3 Å². The number of nitrogens with one attached hydrogen (secondary N) is 1. The van der Waals surface area contributed by atoms with Crippen LogP contribution in [0.15, 0.2) is 12.1 Å². The van der Waals surface area contributed by atoms with E-state index in [0.29, 0.717) is 19.4 Å². The van der Waals surface area contributed by atoms with Gasteiger partial charge in [-0.2, -0.15) is 13.2 Å². The van der Waals surface area contributed by atoms with Crippen LogP contribution in [0.2, 0.25) is 5.15 Å². The van der Waals surface area contributed by atoms with Gasteiger partial charge >= 0.3 is 6.18 Å². The summed E-state index contributed by atoms with van der Waals surface area (Å²) in [5.41, 5.74) is -0.866. The summed E-state index contributed by atoms with van der Waals surface area (Å²) in [4.78, 5) is 17.2. The average molecular weight is 308 g/mol. The maximum atomic E-state index is 12.8. The lowest BCUT2D eigenvalue weighted by Gasteiger charge is -2.25. The minimum absolute atomic E-state index is 0.0796. The molecule has 8 heteroatoms. The first kappa shape index (κ1) is 14.9. The largest absolute Gasteiger partial charge is 0.416 e. The number of nitrogens with zero attached hydrogens (tertiary/aromatic N) is 2. The highest BCUT2D eigenvalue weighted by molar-refractivity contribution is 6.29. The van der Waals surface area contributed by atoms with Gasteiger partial charge in [-0.25, -0.2) is 4.98 Å². The fraction of sp³-hybridized carbons (Fsp3) is 0.500. The molecule has 4 nitrogen and oxygen atoms in total. The normalized spacial score (nSPS) is 19.2. The van der Waals surface area contributed by atoms with E-state index in [-0.39, 0.29) is 16.9 Å². The van der Waals surface area contributed by atoms with Gasteiger partial charge in [0, 0.05) is 13.6 Å². The second-order valence-electron chi connectivity index (χ2n) is 4.50. The molecule has 1 fully saturated rings. The Morgan fingerprint density at radius 3 is 2.80 bits per heavy atom. The van der Waals surface area contributed by atoms with Crippen molar-refractivity contribution in [3.05, 3.63) is 22.8 Å². The average Bonchev–Trinajstić information content (AvgIpc) is 2.85. The van der Waals surface area contributed by atoms with Crippen molar-refractivity contribution in [1.82, 2.24) is 10.3 Å². The summed E-state index contributed by atoms with van der Waals surface area (Å²) in [6, 6.07) is 1.19. The van der Waals surface area contributed by atoms with E-state index in [2.05, 4.69) is 10.3 Å². The Bertz CT molecular complexity index is 521. The maximum Gasteiger partial charge on any atom is 0.416 e. The molecule has 2 rings (SSSR count). The Balaban J connectivity index is 2.37. The van der Waals surface area contributed by atoms with E-state index in [1.54, 1.807) is 4.90 Å². The number of pyridine rings is 1. The first-order valence-electron chi connectivity index (χ1n) is 6.06. The van der Waals surface area contributed by atoms with Crippen molar-refractivity contribution in [2.75, 3.05) is 18.5 Å². The molecule has 1 saturated heterocycles. The lowest BCUT2D eigenvalue weighted by atomic mass is 10.2. The predicted molar refractivity (Wildman–Crippen MR) is 68.7 cm³/mol. The van der Waals surface area contributed by atoms with Crippen LogP contribution in [-0.2, 0) is 11.0 Å². The first-order valence-corrected chi connectivity index (χ1v) is 6.43. The van der Waals surface area contributed by atoms with E-state index in [1.807, 2.05) is 0 Å². The summed E-state index contributed by atoms with van der Waals surface area (Å²) in [7, 11) is 1.49. The molecule has 0 aromatic carbocycles. The summed E-state index contributed by atoms with van der Waals surface area (Å²) in [5, 5.41) is 2.26. The van der Waals surface area contributed by atoms with Gasteiger partial charge in [-0.1, -0.05) is 11.6 Å². The Morgan fingerprint density at radius 1 is 1.50 bits per heavy atom. The van der Waals surface area contributed by atoms with E-state index < -0.39 is 17.8 Å². The summed E-state index contributed by atoms with van der Waals surface area (Å²) in [5.74, 6) is -0.159.